The maximum atomic E-state index is 13.5. The minimum Gasteiger partial charge on any atom is -0.386 e. The lowest BCUT2D eigenvalue weighted by atomic mass is 10.1. The van der Waals surface area contributed by atoms with Crippen molar-refractivity contribution < 1.29 is 18.7 Å². The summed E-state index contributed by atoms with van der Waals surface area (Å²) in [5, 5.41) is 14.2. The number of hydrogen-bond acceptors (Lipinski definition) is 3. The maximum Gasteiger partial charge on any atom is 0.261 e. The second kappa shape index (κ2) is 6.78. The standard InChI is InChI=1S/C15H15F2NO2S/c1-2-9-6-7-21-14(9)15(20)18-8-12(19)13-10(16)4-3-5-11(13)17/h3-7,12,19H,2,8H2,1H3,(H,18,20). The van der Waals surface area contributed by atoms with Crippen molar-refractivity contribution in [2.24, 2.45) is 0 Å². The summed E-state index contributed by atoms with van der Waals surface area (Å²) in [6, 6.07) is 5.21. The Morgan fingerprint density at radius 2 is 2.00 bits per heavy atom. The molecule has 3 nitrogen and oxygen atoms in total. The van der Waals surface area contributed by atoms with Crippen LogP contribution in [0.15, 0.2) is 29.6 Å². The van der Waals surface area contributed by atoms with E-state index < -0.39 is 23.3 Å². The van der Waals surface area contributed by atoms with Gasteiger partial charge in [0.25, 0.3) is 5.91 Å². The molecule has 0 aliphatic carbocycles. The zero-order chi connectivity index (χ0) is 15.4. The molecule has 1 atom stereocenters. The van der Waals surface area contributed by atoms with E-state index in [1.807, 2.05) is 13.0 Å². The summed E-state index contributed by atoms with van der Waals surface area (Å²) in [5.41, 5.74) is 0.476. The third-order valence-electron chi connectivity index (χ3n) is 3.12. The van der Waals surface area contributed by atoms with Crippen LogP contribution in [0.1, 0.15) is 33.8 Å². The summed E-state index contributed by atoms with van der Waals surface area (Å²) in [4.78, 5) is 12.5. The Bertz CT molecular complexity index is 622. The number of carbonyl (C=O) groups excluding carboxylic acids is 1. The van der Waals surface area contributed by atoms with E-state index in [9.17, 15) is 18.7 Å². The van der Waals surface area contributed by atoms with Crippen LogP contribution >= 0.6 is 11.3 Å². The van der Waals surface area contributed by atoms with Crippen molar-refractivity contribution in [2.75, 3.05) is 6.54 Å². The zero-order valence-corrected chi connectivity index (χ0v) is 12.2. The van der Waals surface area contributed by atoms with Gasteiger partial charge in [-0.15, -0.1) is 11.3 Å². The van der Waals surface area contributed by atoms with Gasteiger partial charge in [-0.3, -0.25) is 4.79 Å². The van der Waals surface area contributed by atoms with Crippen molar-refractivity contribution in [1.29, 1.82) is 0 Å². The Kier molecular flexibility index (Phi) is 5.03. The van der Waals surface area contributed by atoms with Gasteiger partial charge in [-0.1, -0.05) is 13.0 Å². The Labute approximate surface area is 125 Å². The van der Waals surface area contributed by atoms with Gasteiger partial charge >= 0.3 is 0 Å². The first-order valence-corrected chi connectivity index (χ1v) is 7.39. The van der Waals surface area contributed by atoms with Crippen molar-refractivity contribution in [3.8, 4) is 0 Å². The molecule has 1 heterocycles. The lowest BCUT2D eigenvalue weighted by Crippen LogP contribution is -2.29. The molecule has 0 radical (unpaired) electrons. The quantitative estimate of drug-likeness (QED) is 0.891. The van der Waals surface area contributed by atoms with E-state index in [1.54, 1.807) is 5.38 Å². The molecule has 0 fully saturated rings. The number of benzene rings is 1. The fraction of sp³-hybridized carbons (Fsp3) is 0.267. The molecule has 0 spiro atoms. The molecule has 0 aliphatic heterocycles. The first-order valence-electron chi connectivity index (χ1n) is 6.51. The SMILES string of the molecule is CCc1ccsc1C(=O)NCC(O)c1c(F)cccc1F. The Hall–Kier alpha value is -1.79. The predicted octanol–water partition coefficient (Wildman–Crippen LogP) is 3.05. The Morgan fingerprint density at radius 1 is 1.33 bits per heavy atom. The zero-order valence-electron chi connectivity index (χ0n) is 11.4. The molecule has 0 bridgehead atoms. The number of hydrogen-bond donors (Lipinski definition) is 2. The number of aliphatic hydroxyl groups excluding tert-OH is 1. The third-order valence-corrected chi connectivity index (χ3v) is 4.08. The average Bonchev–Trinajstić information content (AvgIpc) is 2.93. The van der Waals surface area contributed by atoms with E-state index in [4.69, 9.17) is 0 Å². The summed E-state index contributed by atoms with van der Waals surface area (Å²) in [5.74, 6) is -2.01. The minimum absolute atomic E-state index is 0.252. The van der Waals surface area contributed by atoms with Crippen LogP contribution in [0.3, 0.4) is 0 Å². The molecule has 21 heavy (non-hydrogen) atoms. The molecule has 2 N–H and O–H groups in total. The largest absolute Gasteiger partial charge is 0.386 e. The topological polar surface area (TPSA) is 49.3 Å². The Balaban J connectivity index is 2.04. The predicted molar refractivity (Wildman–Crippen MR) is 77.3 cm³/mol. The van der Waals surface area contributed by atoms with E-state index >= 15 is 0 Å². The summed E-state index contributed by atoms with van der Waals surface area (Å²) >= 11 is 1.29. The third kappa shape index (κ3) is 3.46. The number of nitrogens with one attached hydrogen (secondary N) is 1. The van der Waals surface area contributed by atoms with Crippen molar-refractivity contribution in [3.05, 3.63) is 57.3 Å². The van der Waals surface area contributed by atoms with Crippen molar-refractivity contribution in [2.45, 2.75) is 19.4 Å². The number of rotatable bonds is 5. The summed E-state index contributed by atoms with van der Waals surface area (Å²) < 4.78 is 27.0. The van der Waals surface area contributed by atoms with Gasteiger partial charge in [0, 0.05) is 6.54 Å². The number of amides is 1. The number of thiophene rings is 1. The molecule has 2 rings (SSSR count). The normalized spacial score (nSPS) is 12.2. The highest BCUT2D eigenvalue weighted by atomic mass is 32.1. The number of carbonyl (C=O) groups is 1. The fourth-order valence-electron chi connectivity index (χ4n) is 2.01. The van der Waals surface area contributed by atoms with Crippen molar-refractivity contribution in [1.82, 2.24) is 5.32 Å². The smallest absolute Gasteiger partial charge is 0.261 e. The highest BCUT2D eigenvalue weighted by molar-refractivity contribution is 7.12. The van der Waals surface area contributed by atoms with Crippen LogP contribution < -0.4 is 5.32 Å². The number of aliphatic hydroxyl groups is 1. The molecular formula is C15H15F2NO2S. The van der Waals surface area contributed by atoms with Gasteiger partial charge in [-0.25, -0.2) is 8.78 Å². The van der Waals surface area contributed by atoms with Gasteiger partial charge in [0.15, 0.2) is 0 Å². The van der Waals surface area contributed by atoms with Crippen LogP contribution in [0.25, 0.3) is 0 Å². The van der Waals surface area contributed by atoms with Crippen LogP contribution in [-0.4, -0.2) is 17.6 Å². The molecule has 1 unspecified atom stereocenters. The van der Waals surface area contributed by atoms with E-state index in [0.717, 1.165) is 24.1 Å². The van der Waals surface area contributed by atoms with Crippen molar-refractivity contribution in [3.63, 3.8) is 0 Å². The number of halogens is 2. The van der Waals surface area contributed by atoms with E-state index in [-0.39, 0.29) is 12.5 Å². The average molecular weight is 311 g/mol. The van der Waals surface area contributed by atoms with Crippen molar-refractivity contribution >= 4 is 17.2 Å². The molecule has 112 valence electrons. The lowest BCUT2D eigenvalue weighted by molar-refractivity contribution is 0.0914. The summed E-state index contributed by atoms with van der Waals surface area (Å²) in [6.45, 7) is 1.68. The van der Waals surface area contributed by atoms with E-state index in [2.05, 4.69) is 5.32 Å². The fourth-order valence-corrected chi connectivity index (χ4v) is 2.93. The van der Waals surface area contributed by atoms with E-state index in [0.29, 0.717) is 4.88 Å². The van der Waals surface area contributed by atoms with Crippen LogP contribution in [0.5, 0.6) is 0 Å². The molecule has 2 aromatic rings. The van der Waals surface area contributed by atoms with Crippen LogP contribution in [-0.2, 0) is 6.42 Å². The molecule has 6 heteroatoms. The van der Waals surface area contributed by atoms with Gasteiger partial charge in [-0.2, -0.15) is 0 Å². The number of aryl methyl sites for hydroxylation is 1. The van der Waals surface area contributed by atoms with Gasteiger partial charge in [0.1, 0.15) is 17.7 Å². The highest BCUT2D eigenvalue weighted by Crippen LogP contribution is 2.21. The molecule has 0 aliphatic rings. The monoisotopic (exact) mass is 311 g/mol. The molecule has 1 amide bonds. The molecule has 1 aromatic carbocycles. The highest BCUT2D eigenvalue weighted by Gasteiger charge is 2.19. The molecular weight excluding hydrogens is 296 g/mol. The first-order chi connectivity index (χ1) is 10.0. The van der Waals surface area contributed by atoms with Gasteiger partial charge in [-0.05, 0) is 35.6 Å². The second-order valence-corrected chi connectivity index (χ2v) is 5.41. The van der Waals surface area contributed by atoms with Gasteiger partial charge in [0.05, 0.1) is 10.4 Å². The van der Waals surface area contributed by atoms with Crippen LogP contribution in [0.4, 0.5) is 8.78 Å². The van der Waals surface area contributed by atoms with Crippen LogP contribution in [0, 0.1) is 11.6 Å². The summed E-state index contributed by atoms with van der Waals surface area (Å²) in [7, 11) is 0. The summed E-state index contributed by atoms with van der Waals surface area (Å²) in [6.07, 6.45) is -0.711. The maximum absolute atomic E-state index is 13.5. The minimum atomic E-state index is -1.43. The van der Waals surface area contributed by atoms with Gasteiger partial charge < -0.3 is 10.4 Å². The second-order valence-electron chi connectivity index (χ2n) is 4.49. The lowest BCUT2D eigenvalue weighted by Gasteiger charge is -2.14. The molecule has 0 saturated carbocycles. The Morgan fingerprint density at radius 3 is 2.62 bits per heavy atom. The first kappa shape index (κ1) is 15.6. The van der Waals surface area contributed by atoms with Gasteiger partial charge in [0.2, 0.25) is 0 Å². The molecule has 0 saturated heterocycles. The molecule has 1 aromatic heterocycles. The van der Waals surface area contributed by atoms with Crippen LogP contribution in [0.2, 0.25) is 0 Å². The van der Waals surface area contributed by atoms with E-state index in [1.165, 1.54) is 17.4 Å².